The van der Waals surface area contributed by atoms with Gasteiger partial charge in [0, 0.05) is 53.8 Å². The van der Waals surface area contributed by atoms with Crippen molar-refractivity contribution in [2.75, 3.05) is 24.6 Å². The largest absolute Gasteiger partial charge is 0.454 e. The summed E-state index contributed by atoms with van der Waals surface area (Å²) in [5.41, 5.74) is 2.51. The average Bonchev–Trinajstić information content (AvgIpc) is 3.53. The van der Waals surface area contributed by atoms with E-state index in [2.05, 4.69) is 4.98 Å². The molecule has 1 fully saturated rings. The van der Waals surface area contributed by atoms with E-state index in [0.717, 1.165) is 36.8 Å². The Bertz CT molecular complexity index is 1180. The number of anilines is 1. The fraction of sp³-hybridized carbons (Fsp3) is 0.318. The number of benzene rings is 1. The van der Waals surface area contributed by atoms with Crippen LogP contribution in [-0.2, 0) is 4.74 Å². The first-order valence-electron chi connectivity index (χ1n) is 10.2. The third kappa shape index (κ3) is 4.13. The summed E-state index contributed by atoms with van der Waals surface area (Å²) in [4.78, 5) is 42.6. The molecule has 10 heteroatoms. The molecule has 166 valence electrons. The van der Waals surface area contributed by atoms with Gasteiger partial charge in [0.25, 0.3) is 5.69 Å². The summed E-state index contributed by atoms with van der Waals surface area (Å²) >= 11 is 1.46. The number of nitrogens with zero attached hydrogens (tertiary/aromatic N) is 4. The summed E-state index contributed by atoms with van der Waals surface area (Å²) in [6, 6.07) is 5.91. The van der Waals surface area contributed by atoms with E-state index in [4.69, 9.17) is 4.74 Å². The normalized spacial score (nSPS) is 13.4. The summed E-state index contributed by atoms with van der Waals surface area (Å²) in [7, 11) is 0. The minimum absolute atomic E-state index is 0.0992. The zero-order chi connectivity index (χ0) is 22.8. The standard InChI is InChI=1S/C22H22N4O5S/c1-14-11-17(15(2)25(14)22-23-7-10-32-22)20(27)13-31-21(28)18-12-16(26(29)30)5-6-19(18)24-8-3-4-9-24/h5-7,10-12H,3-4,8-9,13H2,1-2H3. The molecule has 3 aromatic rings. The number of aromatic nitrogens is 2. The van der Waals surface area contributed by atoms with Gasteiger partial charge in [0.05, 0.1) is 16.2 Å². The molecule has 0 aliphatic carbocycles. The number of carbonyl (C=O) groups is 2. The minimum Gasteiger partial charge on any atom is -0.454 e. The van der Waals surface area contributed by atoms with Crippen molar-refractivity contribution >= 4 is 34.5 Å². The van der Waals surface area contributed by atoms with Crippen molar-refractivity contribution in [2.45, 2.75) is 26.7 Å². The third-order valence-corrected chi connectivity index (χ3v) is 6.29. The summed E-state index contributed by atoms with van der Waals surface area (Å²) in [5.74, 6) is -1.10. The first-order valence-corrected chi connectivity index (χ1v) is 11.1. The SMILES string of the molecule is Cc1cc(C(=O)COC(=O)c2cc([N+](=O)[O-])ccc2N2CCCC2)c(C)n1-c1nccs1. The van der Waals surface area contributed by atoms with Gasteiger partial charge in [-0.15, -0.1) is 11.3 Å². The molecular weight excluding hydrogens is 432 g/mol. The van der Waals surface area contributed by atoms with Crippen molar-refractivity contribution in [3.05, 3.63) is 68.5 Å². The van der Waals surface area contributed by atoms with Gasteiger partial charge in [0.15, 0.2) is 11.7 Å². The lowest BCUT2D eigenvalue weighted by Crippen LogP contribution is -2.22. The summed E-state index contributed by atoms with van der Waals surface area (Å²) < 4.78 is 7.19. The van der Waals surface area contributed by atoms with Gasteiger partial charge in [-0.1, -0.05) is 0 Å². The highest BCUT2D eigenvalue weighted by molar-refractivity contribution is 7.12. The van der Waals surface area contributed by atoms with Crippen LogP contribution in [0.2, 0.25) is 0 Å². The number of carbonyl (C=O) groups excluding carboxylic acids is 2. The molecule has 1 aliphatic heterocycles. The average molecular weight is 455 g/mol. The topological polar surface area (TPSA) is 108 Å². The Hall–Kier alpha value is -3.53. The molecule has 2 aromatic heterocycles. The van der Waals surface area contributed by atoms with Gasteiger partial charge in [-0.05, 0) is 38.8 Å². The number of esters is 1. The monoisotopic (exact) mass is 454 g/mol. The number of Topliss-reactive ketones (excluding diaryl/α,β-unsaturated/α-hetero) is 1. The van der Waals surface area contributed by atoms with Gasteiger partial charge < -0.3 is 9.64 Å². The Morgan fingerprint density at radius 2 is 1.94 bits per heavy atom. The lowest BCUT2D eigenvalue weighted by atomic mass is 10.1. The van der Waals surface area contributed by atoms with Crippen LogP contribution in [0.5, 0.6) is 0 Å². The fourth-order valence-electron chi connectivity index (χ4n) is 3.99. The highest BCUT2D eigenvalue weighted by Gasteiger charge is 2.25. The lowest BCUT2D eigenvalue weighted by molar-refractivity contribution is -0.384. The van der Waals surface area contributed by atoms with Crippen molar-refractivity contribution in [3.8, 4) is 5.13 Å². The van der Waals surface area contributed by atoms with Crippen LogP contribution in [0.15, 0.2) is 35.8 Å². The number of ether oxygens (including phenoxy) is 1. The maximum absolute atomic E-state index is 12.8. The Kier molecular flexibility index (Phi) is 6.04. The van der Waals surface area contributed by atoms with E-state index in [1.165, 1.54) is 23.5 Å². The van der Waals surface area contributed by atoms with Gasteiger partial charge in [0.2, 0.25) is 5.78 Å². The summed E-state index contributed by atoms with van der Waals surface area (Å²) in [6.45, 7) is 4.76. The second kappa shape index (κ2) is 8.91. The Balaban J connectivity index is 1.54. The van der Waals surface area contributed by atoms with Crippen molar-refractivity contribution in [3.63, 3.8) is 0 Å². The molecule has 0 spiro atoms. The van der Waals surface area contributed by atoms with Gasteiger partial charge in [0.1, 0.15) is 0 Å². The highest BCUT2D eigenvalue weighted by atomic mass is 32.1. The Labute approximate surface area is 188 Å². The van der Waals surface area contributed by atoms with E-state index >= 15 is 0 Å². The maximum atomic E-state index is 12.8. The van der Waals surface area contributed by atoms with Crippen LogP contribution in [0.1, 0.15) is 44.9 Å². The van der Waals surface area contributed by atoms with Crippen LogP contribution in [0.3, 0.4) is 0 Å². The number of rotatable bonds is 7. The van der Waals surface area contributed by atoms with Crippen molar-refractivity contribution in [2.24, 2.45) is 0 Å². The number of aryl methyl sites for hydroxylation is 1. The smallest absolute Gasteiger partial charge is 0.340 e. The molecule has 9 nitrogen and oxygen atoms in total. The summed E-state index contributed by atoms with van der Waals surface area (Å²) in [5, 5.41) is 13.8. The third-order valence-electron chi connectivity index (χ3n) is 5.53. The van der Waals surface area contributed by atoms with Crippen LogP contribution in [0.25, 0.3) is 5.13 Å². The zero-order valence-corrected chi connectivity index (χ0v) is 18.6. The molecule has 0 N–H and O–H groups in total. The van der Waals surface area contributed by atoms with E-state index in [1.807, 2.05) is 28.7 Å². The second-order valence-corrected chi connectivity index (χ2v) is 8.46. The molecular formula is C22H22N4O5S. The van der Waals surface area contributed by atoms with Gasteiger partial charge in [-0.25, -0.2) is 9.78 Å². The Morgan fingerprint density at radius 1 is 1.19 bits per heavy atom. The van der Waals surface area contributed by atoms with Crippen LogP contribution < -0.4 is 4.90 Å². The minimum atomic E-state index is -0.752. The van der Waals surface area contributed by atoms with Gasteiger partial charge in [-0.2, -0.15) is 0 Å². The molecule has 0 bridgehead atoms. The van der Waals surface area contributed by atoms with Gasteiger partial charge in [-0.3, -0.25) is 19.5 Å². The molecule has 32 heavy (non-hydrogen) atoms. The second-order valence-electron chi connectivity index (χ2n) is 7.59. The first-order chi connectivity index (χ1) is 15.4. The van der Waals surface area contributed by atoms with E-state index in [0.29, 0.717) is 16.9 Å². The molecule has 3 heterocycles. The van der Waals surface area contributed by atoms with E-state index in [9.17, 15) is 19.7 Å². The van der Waals surface area contributed by atoms with Crippen LogP contribution >= 0.6 is 11.3 Å². The maximum Gasteiger partial charge on any atom is 0.340 e. The number of thiazole rings is 1. The number of non-ortho nitro benzene ring substituents is 1. The quantitative estimate of drug-likeness (QED) is 0.229. The van der Waals surface area contributed by atoms with Crippen LogP contribution in [0.4, 0.5) is 11.4 Å². The molecule has 0 unspecified atom stereocenters. The number of hydrogen-bond acceptors (Lipinski definition) is 8. The van der Waals surface area contributed by atoms with Crippen molar-refractivity contribution < 1.29 is 19.2 Å². The molecule has 1 aromatic carbocycles. The number of nitro benzene ring substituents is 1. The predicted molar refractivity (Wildman–Crippen MR) is 120 cm³/mol. The molecule has 0 amide bonds. The van der Waals surface area contributed by atoms with E-state index < -0.39 is 17.5 Å². The van der Waals surface area contributed by atoms with Crippen LogP contribution in [-0.4, -0.2) is 45.9 Å². The first kappa shape index (κ1) is 21.7. The predicted octanol–water partition coefficient (Wildman–Crippen LogP) is 4.10. The Morgan fingerprint density at radius 3 is 2.59 bits per heavy atom. The lowest BCUT2D eigenvalue weighted by Gasteiger charge is -2.20. The summed E-state index contributed by atoms with van der Waals surface area (Å²) in [6.07, 6.45) is 3.66. The van der Waals surface area contributed by atoms with E-state index in [1.54, 1.807) is 18.3 Å². The molecule has 4 rings (SSSR count). The highest BCUT2D eigenvalue weighted by Crippen LogP contribution is 2.29. The fourth-order valence-corrected chi connectivity index (χ4v) is 4.74. The van der Waals surface area contributed by atoms with E-state index in [-0.39, 0.29) is 17.0 Å². The molecule has 0 radical (unpaired) electrons. The molecule has 1 saturated heterocycles. The molecule has 0 atom stereocenters. The number of hydrogen-bond donors (Lipinski definition) is 0. The van der Waals surface area contributed by atoms with Crippen molar-refractivity contribution in [1.29, 1.82) is 0 Å². The van der Waals surface area contributed by atoms with Crippen molar-refractivity contribution in [1.82, 2.24) is 9.55 Å². The zero-order valence-electron chi connectivity index (χ0n) is 17.7. The molecule has 0 saturated carbocycles. The number of ketones is 1. The molecule has 1 aliphatic rings. The van der Waals surface area contributed by atoms with Crippen LogP contribution in [0, 0.1) is 24.0 Å². The van der Waals surface area contributed by atoms with Gasteiger partial charge >= 0.3 is 5.97 Å². The number of nitro groups is 1.